The van der Waals surface area contributed by atoms with E-state index in [-0.39, 0.29) is 11.3 Å². The van der Waals surface area contributed by atoms with Crippen molar-refractivity contribution in [3.8, 4) is 0 Å². The van der Waals surface area contributed by atoms with Crippen molar-refractivity contribution in [2.45, 2.75) is 26.2 Å². The zero-order valence-electron chi connectivity index (χ0n) is 11.7. The summed E-state index contributed by atoms with van der Waals surface area (Å²) < 4.78 is 0. The van der Waals surface area contributed by atoms with Gasteiger partial charge in [-0.25, -0.2) is 10.5 Å². The lowest BCUT2D eigenvalue weighted by Gasteiger charge is -2.04. The van der Waals surface area contributed by atoms with E-state index in [1.807, 2.05) is 0 Å². The van der Waals surface area contributed by atoms with Crippen molar-refractivity contribution in [1.29, 1.82) is 0 Å². The van der Waals surface area contributed by atoms with Crippen LogP contribution in [0.2, 0.25) is 0 Å². The summed E-state index contributed by atoms with van der Waals surface area (Å²) >= 11 is 0. The van der Waals surface area contributed by atoms with E-state index in [1.54, 1.807) is 24.3 Å². The highest BCUT2D eigenvalue weighted by molar-refractivity contribution is 6.05. The average molecular weight is 284 g/mol. The second kappa shape index (κ2) is 5.47. The van der Waals surface area contributed by atoms with Crippen LogP contribution in [0.4, 0.5) is 0 Å². The van der Waals surface area contributed by atoms with Crippen LogP contribution in [-0.2, 0) is 0 Å². The number of benzene rings is 1. The third-order valence-corrected chi connectivity index (χ3v) is 3.74. The molecule has 2 aromatic rings. The summed E-state index contributed by atoms with van der Waals surface area (Å²) in [5.41, 5.74) is 3.42. The zero-order chi connectivity index (χ0) is 14.8. The molecule has 2 N–H and O–H groups in total. The Morgan fingerprint density at radius 2 is 2.14 bits per heavy atom. The van der Waals surface area contributed by atoms with Crippen LogP contribution in [0, 0.1) is 5.92 Å². The summed E-state index contributed by atoms with van der Waals surface area (Å²) in [4.78, 5) is 23.9. The number of carbonyl (C=O) groups excluding carboxylic acids is 1. The first-order valence-electron chi connectivity index (χ1n) is 6.98. The molecule has 1 heterocycles. The minimum absolute atomic E-state index is 0.181. The number of aromatic amines is 1. The summed E-state index contributed by atoms with van der Waals surface area (Å²) in [6.07, 6.45) is 2.94. The molecular formula is C15H16N4O2. The number of nitrogens with one attached hydrogen (secondary N) is 2. The Kier molecular flexibility index (Phi) is 3.51. The Morgan fingerprint density at radius 1 is 1.38 bits per heavy atom. The predicted molar refractivity (Wildman–Crippen MR) is 80.3 cm³/mol. The molecule has 0 bridgehead atoms. The third-order valence-electron chi connectivity index (χ3n) is 3.74. The van der Waals surface area contributed by atoms with Crippen LogP contribution in [0.25, 0.3) is 10.8 Å². The molecule has 1 aromatic carbocycles. The first-order chi connectivity index (χ1) is 10.1. The van der Waals surface area contributed by atoms with E-state index in [0.717, 1.165) is 25.0 Å². The highest BCUT2D eigenvalue weighted by atomic mass is 16.2. The number of rotatable bonds is 2. The molecule has 1 fully saturated rings. The first-order valence-corrected chi connectivity index (χ1v) is 6.98. The SMILES string of the molecule is CC1CC/C(=N\NC(=O)c2n[nH]c(=O)c3ccccc23)C1. The van der Waals surface area contributed by atoms with E-state index < -0.39 is 5.91 Å². The molecule has 21 heavy (non-hydrogen) atoms. The molecule has 1 amide bonds. The van der Waals surface area contributed by atoms with Gasteiger partial charge < -0.3 is 0 Å². The lowest BCUT2D eigenvalue weighted by molar-refractivity contribution is 0.0950. The van der Waals surface area contributed by atoms with Crippen LogP contribution in [0.3, 0.4) is 0 Å². The lowest BCUT2D eigenvalue weighted by Crippen LogP contribution is -2.23. The third kappa shape index (κ3) is 2.69. The predicted octanol–water partition coefficient (Wildman–Crippen LogP) is 1.83. The van der Waals surface area contributed by atoms with Crippen LogP contribution in [-0.4, -0.2) is 21.8 Å². The fourth-order valence-corrected chi connectivity index (χ4v) is 2.59. The van der Waals surface area contributed by atoms with Crippen LogP contribution >= 0.6 is 0 Å². The largest absolute Gasteiger partial charge is 0.292 e. The molecule has 6 nitrogen and oxygen atoms in total. The second-order valence-electron chi connectivity index (χ2n) is 5.41. The van der Waals surface area contributed by atoms with Gasteiger partial charge in [-0.15, -0.1) is 0 Å². The van der Waals surface area contributed by atoms with Crippen LogP contribution in [0.1, 0.15) is 36.7 Å². The average Bonchev–Trinajstić information content (AvgIpc) is 2.91. The van der Waals surface area contributed by atoms with Crippen molar-refractivity contribution in [3.63, 3.8) is 0 Å². The molecule has 0 aliphatic heterocycles. The quantitative estimate of drug-likeness (QED) is 0.825. The maximum atomic E-state index is 12.2. The minimum Gasteiger partial charge on any atom is -0.267 e. The Hall–Kier alpha value is -2.50. The van der Waals surface area contributed by atoms with Gasteiger partial charge in [0, 0.05) is 11.1 Å². The molecule has 1 aliphatic rings. The molecule has 0 spiro atoms. The number of carbonyl (C=O) groups is 1. The van der Waals surface area contributed by atoms with Crippen molar-refractivity contribution in [3.05, 3.63) is 40.3 Å². The van der Waals surface area contributed by atoms with Crippen molar-refractivity contribution < 1.29 is 4.79 Å². The van der Waals surface area contributed by atoms with E-state index in [9.17, 15) is 9.59 Å². The van der Waals surface area contributed by atoms with Crippen molar-refractivity contribution in [2.75, 3.05) is 0 Å². The van der Waals surface area contributed by atoms with Crippen LogP contribution < -0.4 is 11.0 Å². The molecule has 1 atom stereocenters. The molecular weight excluding hydrogens is 268 g/mol. The highest BCUT2D eigenvalue weighted by Crippen LogP contribution is 2.21. The van der Waals surface area contributed by atoms with Gasteiger partial charge in [0.1, 0.15) is 0 Å². The summed E-state index contributed by atoms with van der Waals surface area (Å²) in [5.74, 6) is 0.210. The van der Waals surface area contributed by atoms with Gasteiger partial charge >= 0.3 is 0 Å². The zero-order valence-corrected chi connectivity index (χ0v) is 11.7. The normalized spacial score (nSPS) is 20.0. The van der Waals surface area contributed by atoms with Gasteiger partial charge in [-0.1, -0.05) is 25.1 Å². The smallest absolute Gasteiger partial charge is 0.267 e. The number of aromatic nitrogens is 2. The van der Waals surface area contributed by atoms with E-state index in [4.69, 9.17) is 0 Å². The molecule has 1 aromatic heterocycles. The van der Waals surface area contributed by atoms with E-state index in [0.29, 0.717) is 16.7 Å². The van der Waals surface area contributed by atoms with Gasteiger partial charge in [-0.3, -0.25) is 9.59 Å². The lowest BCUT2D eigenvalue weighted by atomic mass is 10.1. The number of hydrogen-bond donors (Lipinski definition) is 2. The molecule has 0 saturated heterocycles. The maximum absolute atomic E-state index is 12.2. The number of hydrazone groups is 1. The highest BCUT2D eigenvalue weighted by Gasteiger charge is 2.18. The minimum atomic E-state index is -0.408. The Morgan fingerprint density at radius 3 is 2.86 bits per heavy atom. The topological polar surface area (TPSA) is 87.2 Å². The summed E-state index contributed by atoms with van der Waals surface area (Å²) in [6.45, 7) is 2.17. The fourth-order valence-electron chi connectivity index (χ4n) is 2.59. The van der Waals surface area contributed by atoms with Gasteiger partial charge in [0.05, 0.1) is 5.39 Å². The van der Waals surface area contributed by atoms with Crippen LogP contribution in [0.15, 0.2) is 34.2 Å². The molecule has 1 saturated carbocycles. The molecule has 1 unspecified atom stereocenters. The van der Waals surface area contributed by atoms with E-state index in [1.165, 1.54) is 0 Å². The number of amides is 1. The Labute approximate surface area is 121 Å². The number of fused-ring (bicyclic) bond motifs is 1. The monoisotopic (exact) mass is 284 g/mol. The van der Waals surface area contributed by atoms with E-state index in [2.05, 4.69) is 27.6 Å². The van der Waals surface area contributed by atoms with E-state index >= 15 is 0 Å². The second-order valence-corrected chi connectivity index (χ2v) is 5.41. The Balaban J connectivity index is 1.89. The first kappa shape index (κ1) is 13.5. The summed E-state index contributed by atoms with van der Waals surface area (Å²) in [6, 6.07) is 6.89. The molecule has 1 aliphatic carbocycles. The standard InChI is InChI=1S/C15H16N4O2/c1-9-6-7-10(8-9)16-19-15(21)13-11-4-2-3-5-12(11)14(20)18-17-13/h2-5,9H,6-8H2,1H3,(H,18,20)(H,19,21)/b16-10+. The van der Waals surface area contributed by atoms with Gasteiger partial charge in [0.2, 0.25) is 0 Å². The number of H-pyrrole nitrogens is 1. The number of nitrogens with zero attached hydrogens (tertiary/aromatic N) is 2. The van der Waals surface area contributed by atoms with Gasteiger partial charge in [0.15, 0.2) is 5.69 Å². The van der Waals surface area contributed by atoms with Crippen molar-refractivity contribution in [2.24, 2.45) is 11.0 Å². The van der Waals surface area contributed by atoms with Crippen molar-refractivity contribution >= 4 is 22.4 Å². The summed E-state index contributed by atoms with van der Waals surface area (Å²) in [5, 5.41) is 11.3. The van der Waals surface area contributed by atoms with Gasteiger partial charge in [-0.05, 0) is 31.2 Å². The molecule has 6 heteroatoms. The maximum Gasteiger partial charge on any atom is 0.292 e. The molecule has 3 rings (SSSR count). The van der Waals surface area contributed by atoms with Gasteiger partial charge in [-0.2, -0.15) is 10.2 Å². The van der Waals surface area contributed by atoms with Gasteiger partial charge in [0.25, 0.3) is 11.5 Å². The number of hydrogen-bond acceptors (Lipinski definition) is 4. The Bertz CT molecular complexity index is 779. The van der Waals surface area contributed by atoms with Crippen LogP contribution in [0.5, 0.6) is 0 Å². The molecule has 108 valence electrons. The fraction of sp³-hybridized carbons (Fsp3) is 0.333. The molecule has 0 radical (unpaired) electrons. The van der Waals surface area contributed by atoms with Crippen molar-refractivity contribution in [1.82, 2.24) is 15.6 Å². The summed E-state index contributed by atoms with van der Waals surface area (Å²) in [7, 11) is 0.